The van der Waals surface area contributed by atoms with E-state index in [0.717, 1.165) is 17.2 Å². The molecule has 0 aliphatic heterocycles. The van der Waals surface area contributed by atoms with Gasteiger partial charge in [-0.1, -0.05) is 12.1 Å². The van der Waals surface area contributed by atoms with Crippen LogP contribution in [0.5, 0.6) is 5.75 Å². The van der Waals surface area contributed by atoms with E-state index in [1.807, 2.05) is 13.8 Å². The fraction of sp³-hybridized carbons (Fsp3) is 0.250. The number of carboxylic acid groups (broad SMARTS) is 1. The zero-order chi connectivity index (χ0) is 20.8. The van der Waals surface area contributed by atoms with Crippen molar-refractivity contribution in [3.05, 3.63) is 64.5 Å². The molecule has 0 saturated heterocycles. The second kappa shape index (κ2) is 8.98. The topological polar surface area (TPSA) is 105 Å². The monoisotopic (exact) mass is 388 g/mol. The number of hydrogen-bond acceptors (Lipinski definition) is 4. The molecule has 0 bridgehead atoms. The lowest BCUT2D eigenvalue weighted by Gasteiger charge is -2.16. The van der Waals surface area contributed by atoms with E-state index >= 15 is 0 Å². The molecule has 0 fully saturated rings. The van der Waals surface area contributed by atoms with Crippen molar-refractivity contribution in [2.75, 3.05) is 13.7 Å². The number of ether oxygens (including phenoxy) is 1. The van der Waals surface area contributed by atoms with Gasteiger partial charge in [0.2, 0.25) is 5.91 Å². The number of halogens is 1. The van der Waals surface area contributed by atoms with Gasteiger partial charge in [-0.3, -0.25) is 9.59 Å². The summed E-state index contributed by atoms with van der Waals surface area (Å²) in [6, 6.07) is 7.25. The molecular formula is C20H21FN2O5. The van der Waals surface area contributed by atoms with Gasteiger partial charge in [0.15, 0.2) is 17.6 Å². The summed E-state index contributed by atoms with van der Waals surface area (Å²) in [5.41, 5.74) is 2.40. The maximum Gasteiger partial charge on any atom is 0.330 e. The molecule has 0 aliphatic rings. The second-order valence-corrected chi connectivity index (χ2v) is 6.21. The summed E-state index contributed by atoms with van der Waals surface area (Å²) in [6.07, 6.45) is 0. The fourth-order valence-electron chi connectivity index (χ4n) is 2.51. The van der Waals surface area contributed by atoms with Gasteiger partial charge in [-0.25, -0.2) is 9.18 Å². The molecular weight excluding hydrogens is 367 g/mol. The van der Waals surface area contributed by atoms with E-state index in [-0.39, 0.29) is 11.3 Å². The number of aliphatic carboxylic acids is 1. The highest BCUT2D eigenvalue weighted by Gasteiger charge is 2.23. The van der Waals surface area contributed by atoms with Crippen LogP contribution >= 0.6 is 0 Å². The van der Waals surface area contributed by atoms with E-state index in [0.29, 0.717) is 5.56 Å². The molecule has 2 aromatic carbocycles. The van der Waals surface area contributed by atoms with E-state index in [4.69, 9.17) is 4.74 Å². The molecule has 1 unspecified atom stereocenters. The van der Waals surface area contributed by atoms with Crippen LogP contribution in [0.15, 0.2) is 36.4 Å². The summed E-state index contributed by atoms with van der Waals surface area (Å²) in [4.78, 5) is 35.7. The Morgan fingerprint density at radius 1 is 1.11 bits per heavy atom. The quantitative estimate of drug-likeness (QED) is 0.674. The molecule has 0 radical (unpaired) electrons. The van der Waals surface area contributed by atoms with Crippen molar-refractivity contribution in [2.45, 2.75) is 19.9 Å². The summed E-state index contributed by atoms with van der Waals surface area (Å²) in [7, 11) is 1.28. The van der Waals surface area contributed by atoms with Crippen LogP contribution in [0.3, 0.4) is 0 Å². The van der Waals surface area contributed by atoms with Gasteiger partial charge in [0.1, 0.15) is 0 Å². The third-order valence-electron chi connectivity index (χ3n) is 4.24. The van der Waals surface area contributed by atoms with E-state index in [9.17, 15) is 23.9 Å². The number of rotatable bonds is 7. The normalized spacial score (nSPS) is 11.4. The van der Waals surface area contributed by atoms with Gasteiger partial charge < -0.3 is 20.5 Å². The molecule has 3 N–H and O–H groups in total. The van der Waals surface area contributed by atoms with Crippen molar-refractivity contribution in [1.29, 1.82) is 0 Å². The van der Waals surface area contributed by atoms with Crippen LogP contribution in [0, 0.1) is 19.7 Å². The molecule has 7 nitrogen and oxygen atoms in total. The Hall–Kier alpha value is -3.42. The molecule has 0 heterocycles. The molecule has 0 saturated carbocycles. The van der Waals surface area contributed by atoms with Crippen molar-refractivity contribution in [1.82, 2.24) is 10.6 Å². The van der Waals surface area contributed by atoms with Crippen molar-refractivity contribution in [2.24, 2.45) is 0 Å². The van der Waals surface area contributed by atoms with Crippen LogP contribution in [-0.2, 0) is 9.59 Å². The summed E-state index contributed by atoms with van der Waals surface area (Å²) in [5.74, 6) is -3.33. The standard InChI is InChI=1S/C20H21FN2O5/c1-11-4-5-14(8-12(11)2)19(25)22-10-17(24)23-18(20(26)27)13-6-7-16(28-3)15(21)9-13/h4-9,18H,10H2,1-3H3,(H,22,25)(H,23,24)(H,26,27). The van der Waals surface area contributed by atoms with Crippen molar-refractivity contribution < 1.29 is 28.6 Å². The number of benzene rings is 2. The number of carbonyl (C=O) groups excluding carboxylic acids is 2. The number of carboxylic acids is 1. The number of nitrogens with one attached hydrogen (secondary N) is 2. The molecule has 148 valence electrons. The largest absolute Gasteiger partial charge is 0.494 e. The van der Waals surface area contributed by atoms with E-state index in [1.54, 1.807) is 18.2 Å². The van der Waals surface area contributed by atoms with Gasteiger partial charge in [-0.2, -0.15) is 0 Å². The van der Waals surface area contributed by atoms with Gasteiger partial charge in [0.25, 0.3) is 5.91 Å². The van der Waals surface area contributed by atoms with Gasteiger partial charge in [-0.15, -0.1) is 0 Å². The Balaban J connectivity index is 2.02. The first-order valence-electron chi connectivity index (χ1n) is 8.44. The SMILES string of the molecule is COc1ccc(C(NC(=O)CNC(=O)c2ccc(C)c(C)c2)C(=O)O)cc1F. The summed E-state index contributed by atoms with van der Waals surface area (Å²) in [5, 5.41) is 14.0. The van der Waals surface area contributed by atoms with Gasteiger partial charge in [0, 0.05) is 5.56 Å². The Morgan fingerprint density at radius 2 is 1.82 bits per heavy atom. The molecule has 1 atom stereocenters. The molecule has 0 aromatic heterocycles. The summed E-state index contributed by atoms with van der Waals surface area (Å²) < 4.78 is 18.6. The average Bonchev–Trinajstić information content (AvgIpc) is 2.66. The minimum absolute atomic E-state index is 0.0413. The zero-order valence-corrected chi connectivity index (χ0v) is 15.7. The fourth-order valence-corrected chi connectivity index (χ4v) is 2.51. The predicted molar refractivity (Wildman–Crippen MR) is 99.7 cm³/mol. The minimum atomic E-state index is -1.47. The van der Waals surface area contributed by atoms with E-state index < -0.39 is 36.2 Å². The van der Waals surface area contributed by atoms with Crippen LogP contribution in [0.2, 0.25) is 0 Å². The first-order valence-corrected chi connectivity index (χ1v) is 8.44. The zero-order valence-electron chi connectivity index (χ0n) is 15.7. The highest BCUT2D eigenvalue weighted by molar-refractivity contribution is 5.97. The highest BCUT2D eigenvalue weighted by atomic mass is 19.1. The van der Waals surface area contributed by atoms with Crippen molar-refractivity contribution in [3.63, 3.8) is 0 Å². The third-order valence-corrected chi connectivity index (χ3v) is 4.24. The predicted octanol–water partition coefficient (Wildman–Crippen LogP) is 2.12. The first kappa shape index (κ1) is 20.9. The lowest BCUT2D eigenvalue weighted by Crippen LogP contribution is -2.41. The number of carbonyl (C=O) groups is 3. The smallest absolute Gasteiger partial charge is 0.330 e. The van der Waals surface area contributed by atoms with Gasteiger partial charge >= 0.3 is 5.97 Å². The Kier molecular flexibility index (Phi) is 6.70. The molecule has 0 aliphatic carbocycles. The summed E-state index contributed by atoms with van der Waals surface area (Å²) in [6.45, 7) is 3.36. The number of hydrogen-bond donors (Lipinski definition) is 3. The Bertz CT molecular complexity index is 913. The highest BCUT2D eigenvalue weighted by Crippen LogP contribution is 2.22. The number of aryl methyl sites for hydroxylation is 2. The summed E-state index contributed by atoms with van der Waals surface area (Å²) >= 11 is 0. The maximum absolute atomic E-state index is 13.8. The number of methoxy groups -OCH3 is 1. The van der Waals surface area contributed by atoms with Crippen LogP contribution in [0.25, 0.3) is 0 Å². The average molecular weight is 388 g/mol. The molecule has 2 aromatic rings. The maximum atomic E-state index is 13.8. The van der Waals surface area contributed by atoms with Gasteiger partial charge in [-0.05, 0) is 54.8 Å². The molecule has 28 heavy (non-hydrogen) atoms. The lowest BCUT2D eigenvalue weighted by molar-refractivity contribution is -0.141. The van der Waals surface area contributed by atoms with Gasteiger partial charge in [0.05, 0.1) is 13.7 Å². The first-order chi connectivity index (χ1) is 13.2. The number of amides is 2. The molecule has 0 spiro atoms. The molecule has 8 heteroatoms. The van der Waals surface area contributed by atoms with Crippen LogP contribution in [0.4, 0.5) is 4.39 Å². The van der Waals surface area contributed by atoms with E-state index in [1.165, 1.54) is 19.2 Å². The third kappa shape index (κ3) is 5.06. The van der Waals surface area contributed by atoms with Crippen LogP contribution in [-0.4, -0.2) is 36.5 Å². The van der Waals surface area contributed by atoms with Crippen molar-refractivity contribution in [3.8, 4) is 5.75 Å². The second-order valence-electron chi connectivity index (χ2n) is 6.21. The van der Waals surface area contributed by atoms with E-state index in [2.05, 4.69) is 10.6 Å². The molecule has 2 rings (SSSR count). The molecule has 2 amide bonds. The minimum Gasteiger partial charge on any atom is -0.494 e. The lowest BCUT2D eigenvalue weighted by atomic mass is 10.1. The van der Waals surface area contributed by atoms with Crippen molar-refractivity contribution >= 4 is 17.8 Å². The van der Waals surface area contributed by atoms with Crippen LogP contribution < -0.4 is 15.4 Å². The Morgan fingerprint density at radius 3 is 2.39 bits per heavy atom. The Labute approximate surface area is 161 Å². The van der Waals surface area contributed by atoms with Crippen LogP contribution in [0.1, 0.15) is 33.1 Å².